The Bertz CT molecular complexity index is 397. The van der Waals surface area contributed by atoms with E-state index in [1.54, 1.807) is 0 Å². The first-order valence-corrected chi connectivity index (χ1v) is 5.68. The fraction of sp³-hybridized carbons (Fsp3) is 0.500. The van der Waals surface area contributed by atoms with E-state index in [0.717, 1.165) is 0 Å². The fourth-order valence-electron chi connectivity index (χ4n) is 2.16. The maximum atomic E-state index is 13.2. The highest BCUT2D eigenvalue weighted by atomic mass is 35.5. The zero-order valence-electron chi connectivity index (χ0n) is 9.04. The van der Waals surface area contributed by atoms with Gasteiger partial charge in [0.1, 0.15) is 5.82 Å². The molecule has 0 radical (unpaired) electrons. The van der Waals surface area contributed by atoms with Crippen LogP contribution in [0.1, 0.15) is 25.3 Å². The number of hydrogen-bond donors (Lipinski definition) is 1. The summed E-state index contributed by atoms with van der Waals surface area (Å²) in [5.74, 6) is -0.382. The number of rotatable bonds is 1. The van der Waals surface area contributed by atoms with Gasteiger partial charge in [-0.3, -0.25) is 0 Å². The van der Waals surface area contributed by atoms with Gasteiger partial charge < -0.3 is 9.84 Å². The second-order valence-electron chi connectivity index (χ2n) is 4.29. The highest BCUT2D eigenvalue weighted by Crippen LogP contribution is 2.38. The second kappa shape index (κ2) is 4.32. The molecule has 1 aromatic carbocycles. The zero-order valence-corrected chi connectivity index (χ0v) is 9.80. The van der Waals surface area contributed by atoms with Crippen LogP contribution in [0.4, 0.5) is 4.39 Å². The number of halogens is 2. The monoisotopic (exact) mass is 244 g/mol. The van der Waals surface area contributed by atoms with Crippen LogP contribution in [0, 0.1) is 5.82 Å². The van der Waals surface area contributed by atoms with Crippen molar-refractivity contribution in [1.82, 2.24) is 0 Å². The van der Waals surface area contributed by atoms with E-state index in [1.807, 2.05) is 6.92 Å². The molecule has 2 nitrogen and oxygen atoms in total. The summed E-state index contributed by atoms with van der Waals surface area (Å²) < 4.78 is 18.5. The summed E-state index contributed by atoms with van der Waals surface area (Å²) in [5, 5.41) is 10.9. The minimum Gasteiger partial charge on any atom is -0.385 e. The van der Waals surface area contributed by atoms with E-state index < -0.39 is 5.60 Å². The molecule has 0 spiro atoms. The lowest BCUT2D eigenvalue weighted by Crippen LogP contribution is -2.37. The van der Waals surface area contributed by atoms with Gasteiger partial charge in [-0.1, -0.05) is 11.6 Å². The molecule has 1 aliphatic rings. The molecule has 2 atom stereocenters. The van der Waals surface area contributed by atoms with Crippen molar-refractivity contribution >= 4 is 11.6 Å². The highest BCUT2D eigenvalue weighted by Gasteiger charge is 2.36. The van der Waals surface area contributed by atoms with Crippen LogP contribution in [-0.2, 0) is 10.3 Å². The van der Waals surface area contributed by atoms with Crippen LogP contribution >= 0.6 is 11.6 Å². The van der Waals surface area contributed by atoms with E-state index in [4.69, 9.17) is 16.3 Å². The molecule has 1 saturated heterocycles. The normalized spacial score (nSPS) is 30.4. The smallest absolute Gasteiger partial charge is 0.123 e. The predicted octanol–water partition coefficient (Wildman–Crippen LogP) is 2.87. The molecule has 1 aromatic rings. The van der Waals surface area contributed by atoms with Crippen molar-refractivity contribution in [3.05, 3.63) is 34.6 Å². The Hall–Kier alpha value is -0.640. The van der Waals surface area contributed by atoms with Gasteiger partial charge in [0, 0.05) is 23.4 Å². The van der Waals surface area contributed by atoms with Crippen molar-refractivity contribution in [1.29, 1.82) is 0 Å². The van der Waals surface area contributed by atoms with E-state index in [2.05, 4.69) is 0 Å². The van der Waals surface area contributed by atoms with Gasteiger partial charge in [0.2, 0.25) is 0 Å². The molecule has 0 saturated carbocycles. The molecular weight excluding hydrogens is 231 g/mol. The molecule has 1 aliphatic heterocycles. The van der Waals surface area contributed by atoms with Crippen LogP contribution < -0.4 is 0 Å². The van der Waals surface area contributed by atoms with Gasteiger partial charge >= 0.3 is 0 Å². The molecule has 0 aromatic heterocycles. The third-order valence-electron chi connectivity index (χ3n) is 2.97. The summed E-state index contributed by atoms with van der Waals surface area (Å²) >= 11 is 6.00. The van der Waals surface area contributed by atoms with E-state index in [1.165, 1.54) is 18.2 Å². The lowest BCUT2D eigenvalue weighted by molar-refractivity contribution is -0.101. The standard InChI is InChI=1S/C12H14ClFO2/c1-8-7-12(15,4-5-16-8)10-6-9(14)2-3-11(10)13/h2-3,6,8,15H,4-5,7H2,1H3. The van der Waals surface area contributed by atoms with Gasteiger partial charge in [-0.15, -0.1) is 0 Å². The maximum Gasteiger partial charge on any atom is 0.123 e. The first-order valence-electron chi connectivity index (χ1n) is 5.31. The Morgan fingerprint density at radius 2 is 2.31 bits per heavy atom. The summed E-state index contributed by atoms with van der Waals surface area (Å²) in [6.45, 7) is 2.35. The van der Waals surface area contributed by atoms with Gasteiger partial charge in [0.15, 0.2) is 0 Å². The number of hydrogen-bond acceptors (Lipinski definition) is 2. The number of aliphatic hydroxyl groups is 1. The summed E-state index contributed by atoms with van der Waals surface area (Å²) in [7, 11) is 0. The minimum absolute atomic E-state index is 0.0434. The first kappa shape index (κ1) is 11.8. The second-order valence-corrected chi connectivity index (χ2v) is 4.70. The molecule has 0 aliphatic carbocycles. The third-order valence-corrected chi connectivity index (χ3v) is 3.30. The van der Waals surface area contributed by atoms with E-state index >= 15 is 0 Å². The van der Waals surface area contributed by atoms with Gasteiger partial charge in [-0.2, -0.15) is 0 Å². The minimum atomic E-state index is -1.07. The van der Waals surface area contributed by atoms with E-state index in [9.17, 15) is 9.50 Å². The average Bonchev–Trinajstić information content (AvgIpc) is 2.21. The van der Waals surface area contributed by atoms with Crippen molar-refractivity contribution in [2.45, 2.75) is 31.5 Å². The molecule has 0 bridgehead atoms. The van der Waals surface area contributed by atoms with Crippen molar-refractivity contribution in [3.8, 4) is 0 Å². The van der Waals surface area contributed by atoms with Gasteiger partial charge in [-0.05, 0) is 25.1 Å². The third kappa shape index (κ3) is 2.21. The highest BCUT2D eigenvalue weighted by molar-refractivity contribution is 6.31. The molecule has 1 fully saturated rings. The van der Waals surface area contributed by atoms with Crippen LogP contribution in [0.2, 0.25) is 5.02 Å². The molecule has 2 rings (SSSR count). The zero-order chi connectivity index (χ0) is 11.8. The summed E-state index contributed by atoms with van der Waals surface area (Å²) in [6, 6.07) is 4.07. The molecule has 1 N–H and O–H groups in total. The molecule has 16 heavy (non-hydrogen) atoms. The summed E-state index contributed by atoms with van der Waals surface area (Å²) in [4.78, 5) is 0. The molecule has 4 heteroatoms. The lowest BCUT2D eigenvalue weighted by atomic mass is 9.84. The molecule has 2 unspecified atom stereocenters. The van der Waals surface area contributed by atoms with Gasteiger partial charge in [0.25, 0.3) is 0 Å². The van der Waals surface area contributed by atoms with Crippen molar-refractivity contribution in [2.75, 3.05) is 6.61 Å². The Morgan fingerprint density at radius 1 is 1.56 bits per heavy atom. The molecular formula is C12H14ClFO2. The van der Waals surface area contributed by atoms with Crippen LogP contribution in [0.15, 0.2) is 18.2 Å². The summed E-state index contributed by atoms with van der Waals surface area (Å²) in [5.41, 5.74) is -0.610. The predicted molar refractivity (Wildman–Crippen MR) is 60.0 cm³/mol. The SMILES string of the molecule is CC1CC(O)(c2cc(F)ccc2Cl)CCO1. The first-order chi connectivity index (χ1) is 7.51. The molecule has 0 amide bonds. The van der Waals surface area contributed by atoms with Crippen LogP contribution in [0.5, 0.6) is 0 Å². The Kier molecular flexibility index (Phi) is 3.19. The van der Waals surface area contributed by atoms with Crippen molar-refractivity contribution in [3.63, 3.8) is 0 Å². The Morgan fingerprint density at radius 3 is 3.00 bits per heavy atom. The van der Waals surface area contributed by atoms with Crippen molar-refractivity contribution in [2.24, 2.45) is 0 Å². The molecule has 88 valence electrons. The Labute approximate surface area is 99.0 Å². The topological polar surface area (TPSA) is 29.5 Å². The molecule has 1 heterocycles. The lowest BCUT2D eigenvalue weighted by Gasteiger charge is -2.36. The van der Waals surface area contributed by atoms with Crippen LogP contribution in [-0.4, -0.2) is 17.8 Å². The Balaban J connectivity index is 2.37. The van der Waals surface area contributed by atoms with E-state index in [0.29, 0.717) is 30.0 Å². The van der Waals surface area contributed by atoms with Crippen LogP contribution in [0.3, 0.4) is 0 Å². The largest absolute Gasteiger partial charge is 0.385 e. The summed E-state index contributed by atoms with van der Waals surface area (Å²) in [6.07, 6.45) is 0.842. The van der Waals surface area contributed by atoms with Gasteiger partial charge in [0.05, 0.1) is 18.3 Å². The van der Waals surface area contributed by atoms with Gasteiger partial charge in [-0.25, -0.2) is 4.39 Å². The average molecular weight is 245 g/mol. The van der Waals surface area contributed by atoms with Crippen molar-refractivity contribution < 1.29 is 14.2 Å². The maximum absolute atomic E-state index is 13.2. The fourth-order valence-corrected chi connectivity index (χ4v) is 2.46. The number of benzene rings is 1. The van der Waals surface area contributed by atoms with E-state index in [-0.39, 0.29) is 11.9 Å². The number of ether oxygens (including phenoxy) is 1. The van der Waals surface area contributed by atoms with Crippen LogP contribution in [0.25, 0.3) is 0 Å². The quantitative estimate of drug-likeness (QED) is 0.823.